The first kappa shape index (κ1) is 11.6. The molecule has 2 heterocycles. The van der Waals surface area contributed by atoms with E-state index in [0.29, 0.717) is 24.2 Å². The molecule has 0 spiro atoms. The second-order valence-electron chi connectivity index (χ2n) is 3.87. The molecule has 0 amide bonds. The maximum absolute atomic E-state index is 12.1. The van der Waals surface area contributed by atoms with E-state index in [1.807, 2.05) is 0 Å². The van der Waals surface area contributed by atoms with Crippen molar-refractivity contribution < 1.29 is 9.84 Å². The number of fused-ring (bicyclic) bond motifs is 1. The summed E-state index contributed by atoms with van der Waals surface area (Å²) in [5, 5.41) is 9.80. The lowest BCUT2D eigenvalue weighted by Crippen LogP contribution is -2.20. The predicted molar refractivity (Wildman–Crippen MR) is 63.4 cm³/mol. The van der Waals surface area contributed by atoms with Crippen LogP contribution in [-0.2, 0) is 11.2 Å². The van der Waals surface area contributed by atoms with Crippen LogP contribution in [0.4, 0.5) is 0 Å². The molecule has 2 rings (SSSR count). The average molecular weight is 234 g/mol. The van der Waals surface area contributed by atoms with Crippen LogP contribution in [0.1, 0.15) is 11.1 Å². The van der Waals surface area contributed by atoms with Crippen molar-refractivity contribution in [3.05, 3.63) is 39.9 Å². The quantitative estimate of drug-likeness (QED) is 0.857. The van der Waals surface area contributed by atoms with E-state index in [4.69, 9.17) is 4.74 Å². The Balaban J connectivity index is 2.61. The SMILES string of the molecule is COCCc1cnc2c(O)c(C)ccn2c1=O. The highest BCUT2D eigenvalue weighted by Crippen LogP contribution is 2.19. The minimum absolute atomic E-state index is 0.0443. The molecule has 2 aromatic heterocycles. The molecule has 0 saturated carbocycles. The number of pyridine rings is 1. The number of nitrogens with zero attached hydrogens (tertiary/aromatic N) is 2. The van der Waals surface area contributed by atoms with Gasteiger partial charge in [0.1, 0.15) is 0 Å². The van der Waals surface area contributed by atoms with Crippen molar-refractivity contribution in [2.24, 2.45) is 0 Å². The fourth-order valence-electron chi connectivity index (χ4n) is 1.65. The van der Waals surface area contributed by atoms with Crippen LogP contribution in [0.15, 0.2) is 23.3 Å². The molecule has 90 valence electrons. The Hall–Kier alpha value is -1.88. The summed E-state index contributed by atoms with van der Waals surface area (Å²) in [5.41, 5.74) is 1.40. The summed E-state index contributed by atoms with van der Waals surface area (Å²) in [6.07, 6.45) is 3.63. The molecule has 2 aromatic rings. The van der Waals surface area contributed by atoms with Crippen molar-refractivity contribution in [1.82, 2.24) is 9.38 Å². The van der Waals surface area contributed by atoms with Crippen molar-refractivity contribution >= 4 is 5.65 Å². The third kappa shape index (κ3) is 2.01. The van der Waals surface area contributed by atoms with Crippen LogP contribution >= 0.6 is 0 Å². The first-order chi connectivity index (χ1) is 8.15. The van der Waals surface area contributed by atoms with Gasteiger partial charge < -0.3 is 9.84 Å². The Labute approximate surface area is 98.3 Å². The van der Waals surface area contributed by atoms with Crippen molar-refractivity contribution in [2.75, 3.05) is 13.7 Å². The maximum Gasteiger partial charge on any atom is 0.261 e. The topological polar surface area (TPSA) is 63.8 Å². The standard InChI is InChI=1S/C12H14N2O3/c1-8-3-5-14-11(10(8)15)13-7-9(12(14)16)4-6-17-2/h3,5,7,15H,4,6H2,1-2H3. The van der Waals surface area contributed by atoms with Crippen molar-refractivity contribution in [1.29, 1.82) is 0 Å². The van der Waals surface area contributed by atoms with Crippen LogP contribution in [0.5, 0.6) is 5.75 Å². The molecule has 0 saturated heterocycles. The molecule has 17 heavy (non-hydrogen) atoms. The van der Waals surface area contributed by atoms with Gasteiger partial charge >= 0.3 is 0 Å². The molecule has 5 nitrogen and oxygen atoms in total. The van der Waals surface area contributed by atoms with Crippen LogP contribution in [0.25, 0.3) is 5.65 Å². The third-order valence-corrected chi connectivity index (χ3v) is 2.70. The van der Waals surface area contributed by atoms with E-state index in [9.17, 15) is 9.90 Å². The van der Waals surface area contributed by atoms with Gasteiger partial charge in [-0.3, -0.25) is 9.20 Å². The number of rotatable bonds is 3. The number of ether oxygens (including phenoxy) is 1. The Bertz CT molecular complexity index is 604. The van der Waals surface area contributed by atoms with Gasteiger partial charge in [0.25, 0.3) is 5.56 Å². The van der Waals surface area contributed by atoms with E-state index >= 15 is 0 Å². The zero-order valence-corrected chi connectivity index (χ0v) is 9.80. The first-order valence-corrected chi connectivity index (χ1v) is 5.33. The van der Waals surface area contributed by atoms with Gasteiger partial charge in [0.15, 0.2) is 11.4 Å². The fourth-order valence-corrected chi connectivity index (χ4v) is 1.65. The highest BCUT2D eigenvalue weighted by Gasteiger charge is 2.09. The normalized spacial score (nSPS) is 10.9. The average Bonchev–Trinajstić information content (AvgIpc) is 2.33. The van der Waals surface area contributed by atoms with Crippen LogP contribution in [0, 0.1) is 6.92 Å². The van der Waals surface area contributed by atoms with Gasteiger partial charge in [0.05, 0.1) is 6.61 Å². The number of aromatic nitrogens is 2. The van der Waals surface area contributed by atoms with E-state index in [1.54, 1.807) is 26.3 Å². The molecule has 0 aliphatic rings. The third-order valence-electron chi connectivity index (χ3n) is 2.70. The smallest absolute Gasteiger partial charge is 0.261 e. The van der Waals surface area contributed by atoms with Crippen molar-refractivity contribution in [3.63, 3.8) is 0 Å². The molecule has 0 radical (unpaired) electrons. The lowest BCUT2D eigenvalue weighted by atomic mass is 10.2. The number of aromatic hydroxyl groups is 1. The second kappa shape index (κ2) is 4.55. The Kier molecular flexibility index (Phi) is 3.10. The summed E-state index contributed by atoms with van der Waals surface area (Å²) in [5.74, 6) is 0.0443. The Morgan fingerprint density at radius 2 is 2.29 bits per heavy atom. The largest absolute Gasteiger partial charge is 0.504 e. The van der Waals surface area contributed by atoms with E-state index in [1.165, 1.54) is 10.6 Å². The number of aryl methyl sites for hydroxylation is 1. The summed E-state index contributed by atoms with van der Waals surface area (Å²) < 4.78 is 6.28. The minimum Gasteiger partial charge on any atom is -0.504 e. The second-order valence-corrected chi connectivity index (χ2v) is 3.87. The highest BCUT2D eigenvalue weighted by molar-refractivity contribution is 5.56. The number of hydrogen-bond donors (Lipinski definition) is 1. The molecule has 0 bridgehead atoms. The zero-order valence-electron chi connectivity index (χ0n) is 9.80. The summed E-state index contributed by atoms with van der Waals surface area (Å²) in [6.45, 7) is 2.24. The van der Waals surface area contributed by atoms with E-state index in [0.717, 1.165) is 0 Å². The Morgan fingerprint density at radius 3 is 3.00 bits per heavy atom. The van der Waals surface area contributed by atoms with E-state index < -0.39 is 0 Å². The Morgan fingerprint density at radius 1 is 1.53 bits per heavy atom. The van der Waals surface area contributed by atoms with Gasteiger partial charge in [-0.25, -0.2) is 4.98 Å². The minimum atomic E-state index is -0.164. The van der Waals surface area contributed by atoms with Gasteiger partial charge in [-0.05, 0) is 18.6 Å². The number of hydrogen-bond acceptors (Lipinski definition) is 4. The van der Waals surface area contributed by atoms with Crippen LogP contribution < -0.4 is 5.56 Å². The molecule has 0 fully saturated rings. The van der Waals surface area contributed by atoms with Crippen molar-refractivity contribution in [2.45, 2.75) is 13.3 Å². The van der Waals surface area contributed by atoms with Crippen LogP contribution in [0.2, 0.25) is 0 Å². The van der Waals surface area contributed by atoms with E-state index in [-0.39, 0.29) is 17.0 Å². The zero-order chi connectivity index (χ0) is 12.4. The number of methoxy groups -OCH3 is 1. The molecule has 0 unspecified atom stereocenters. The van der Waals surface area contributed by atoms with Gasteiger partial charge in [0.2, 0.25) is 0 Å². The lowest BCUT2D eigenvalue weighted by molar-refractivity contribution is 0.202. The van der Waals surface area contributed by atoms with Gasteiger partial charge in [-0.15, -0.1) is 0 Å². The molecule has 0 atom stereocenters. The van der Waals surface area contributed by atoms with E-state index in [2.05, 4.69) is 4.98 Å². The summed E-state index contributed by atoms with van der Waals surface area (Å²) >= 11 is 0. The summed E-state index contributed by atoms with van der Waals surface area (Å²) in [7, 11) is 1.58. The molecule has 5 heteroatoms. The monoisotopic (exact) mass is 234 g/mol. The predicted octanol–water partition coefficient (Wildman–Crippen LogP) is 0.897. The molecule has 0 aliphatic heterocycles. The fraction of sp³-hybridized carbons (Fsp3) is 0.333. The molecular weight excluding hydrogens is 220 g/mol. The summed E-state index contributed by atoms with van der Waals surface area (Å²) in [6, 6.07) is 1.69. The molecule has 0 aliphatic carbocycles. The maximum atomic E-state index is 12.1. The summed E-state index contributed by atoms with van der Waals surface area (Å²) in [4.78, 5) is 16.2. The van der Waals surface area contributed by atoms with Gasteiger partial charge in [-0.2, -0.15) is 0 Å². The van der Waals surface area contributed by atoms with Crippen LogP contribution in [-0.4, -0.2) is 28.2 Å². The lowest BCUT2D eigenvalue weighted by Gasteiger charge is -2.06. The molecule has 1 N–H and O–H groups in total. The molecular formula is C12H14N2O3. The first-order valence-electron chi connectivity index (χ1n) is 5.33. The van der Waals surface area contributed by atoms with Crippen molar-refractivity contribution in [3.8, 4) is 5.75 Å². The highest BCUT2D eigenvalue weighted by atomic mass is 16.5. The van der Waals surface area contributed by atoms with Gasteiger partial charge in [0, 0.05) is 31.5 Å². The van der Waals surface area contributed by atoms with Crippen LogP contribution in [0.3, 0.4) is 0 Å². The molecule has 0 aromatic carbocycles. The van der Waals surface area contributed by atoms with Gasteiger partial charge in [-0.1, -0.05) is 0 Å².